The monoisotopic (exact) mass is 413 g/mol. The van der Waals surface area contributed by atoms with Crippen LogP contribution in [0.4, 0.5) is 10.5 Å². The van der Waals surface area contributed by atoms with Crippen LogP contribution >= 0.6 is 11.6 Å². The summed E-state index contributed by atoms with van der Waals surface area (Å²) in [6.45, 7) is 1.70. The summed E-state index contributed by atoms with van der Waals surface area (Å²) in [7, 11) is 0. The molecule has 2 aromatic carbocycles. The van der Waals surface area contributed by atoms with Crippen molar-refractivity contribution in [3.05, 3.63) is 64.2 Å². The van der Waals surface area contributed by atoms with Gasteiger partial charge in [0.15, 0.2) is 6.61 Å². The second-order valence-electron chi connectivity index (χ2n) is 6.19. The van der Waals surface area contributed by atoms with Crippen molar-refractivity contribution in [2.45, 2.75) is 6.92 Å². The van der Waals surface area contributed by atoms with Crippen molar-refractivity contribution in [2.75, 3.05) is 11.9 Å². The predicted molar refractivity (Wildman–Crippen MR) is 106 cm³/mol. The van der Waals surface area contributed by atoms with E-state index in [0.29, 0.717) is 11.3 Å². The van der Waals surface area contributed by atoms with E-state index in [1.54, 1.807) is 18.2 Å². The molecule has 148 valence electrons. The van der Waals surface area contributed by atoms with Crippen LogP contribution in [0.1, 0.15) is 11.1 Å². The molecular weight excluding hydrogens is 398 g/mol. The SMILES string of the molecule is Cc1ccc(NC(=O)COc2ccc(C=C3C(=O)NC(=O)NC3=O)cc2Cl)cc1. The van der Waals surface area contributed by atoms with Crippen LogP contribution < -0.4 is 20.7 Å². The maximum Gasteiger partial charge on any atom is 0.328 e. The molecule has 0 radical (unpaired) electrons. The lowest BCUT2D eigenvalue weighted by Crippen LogP contribution is -2.51. The first kappa shape index (κ1) is 20.1. The van der Waals surface area contributed by atoms with Crippen molar-refractivity contribution >= 4 is 47.1 Å². The topological polar surface area (TPSA) is 114 Å². The number of amides is 5. The van der Waals surface area contributed by atoms with Crippen molar-refractivity contribution in [2.24, 2.45) is 0 Å². The summed E-state index contributed by atoms with van der Waals surface area (Å²) in [6.07, 6.45) is 1.29. The van der Waals surface area contributed by atoms with Gasteiger partial charge in [0, 0.05) is 5.69 Å². The number of urea groups is 1. The number of carbonyl (C=O) groups is 4. The summed E-state index contributed by atoms with van der Waals surface area (Å²) in [5, 5.41) is 6.86. The van der Waals surface area contributed by atoms with Gasteiger partial charge in [0.25, 0.3) is 17.7 Å². The van der Waals surface area contributed by atoms with E-state index in [-0.39, 0.29) is 28.9 Å². The third kappa shape index (κ3) is 5.20. The largest absolute Gasteiger partial charge is 0.482 e. The number of nitrogens with one attached hydrogen (secondary N) is 3. The van der Waals surface area contributed by atoms with Crippen LogP contribution in [0.2, 0.25) is 5.02 Å². The predicted octanol–water partition coefficient (Wildman–Crippen LogP) is 2.42. The minimum absolute atomic E-state index is 0.190. The van der Waals surface area contributed by atoms with Crippen LogP contribution in [0.5, 0.6) is 5.75 Å². The third-order valence-electron chi connectivity index (χ3n) is 3.90. The van der Waals surface area contributed by atoms with Crippen molar-refractivity contribution in [3.63, 3.8) is 0 Å². The van der Waals surface area contributed by atoms with Gasteiger partial charge in [-0.25, -0.2) is 4.79 Å². The van der Waals surface area contributed by atoms with E-state index in [1.807, 2.05) is 29.7 Å². The summed E-state index contributed by atoms with van der Waals surface area (Å²) < 4.78 is 5.43. The first-order valence-electron chi connectivity index (χ1n) is 8.49. The number of halogens is 1. The van der Waals surface area contributed by atoms with Gasteiger partial charge < -0.3 is 10.1 Å². The molecule has 0 bridgehead atoms. The van der Waals surface area contributed by atoms with Gasteiger partial charge in [0.2, 0.25) is 0 Å². The fraction of sp³-hybridized carbons (Fsp3) is 0.100. The summed E-state index contributed by atoms with van der Waals surface area (Å²) in [5.41, 5.74) is 1.95. The van der Waals surface area contributed by atoms with Gasteiger partial charge in [-0.1, -0.05) is 35.4 Å². The molecular formula is C20H16ClN3O5. The van der Waals surface area contributed by atoms with Crippen molar-refractivity contribution in [1.82, 2.24) is 10.6 Å². The summed E-state index contributed by atoms with van der Waals surface area (Å²) in [6, 6.07) is 11.0. The number of aryl methyl sites for hydroxylation is 1. The molecule has 1 saturated heterocycles. The van der Waals surface area contributed by atoms with Crippen molar-refractivity contribution in [1.29, 1.82) is 0 Å². The van der Waals surface area contributed by atoms with E-state index in [9.17, 15) is 19.2 Å². The molecule has 29 heavy (non-hydrogen) atoms. The van der Waals surface area contributed by atoms with Crippen LogP contribution in [-0.2, 0) is 14.4 Å². The molecule has 0 saturated carbocycles. The second kappa shape index (κ2) is 8.57. The number of carbonyl (C=O) groups excluding carboxylic acids is 4. The Morgan fingerprint density at radius 2 is 1.72 bits per heavy atom. The molecule has 8 nitrogen and oxygen atoms in total. The Morgan fingerprint density at radius 3 is 2.34 bits per heavy atom. The third-order valence-corrected chi connectivity index (χ3v) is 4.20. The molecule has 5 amide bonds. The molecule has 1 aliphatic rings. The molecule has 3 N–H and O–H groups in total. The fourth-order valence-electron chi connectivity index (χ4n) is 2.47. The maximum atomic E-state index is 12.0. The van der Waals surface area contributed by atoms with Crippen molar-refractivity contribution < 1.29 is 23.9 Å². The lowest BCUT2D eigenvalue weighted by Gasteiger charge is -2.14. The molecule has 1 fully saturated rings. The van der Waals surface area contributed by atoms with E-state index in [4.69, 9.17) is 16.3 Å². The number of anilines is 1. The molecule has 1 aliphatic heterocycles. The van der Waals surface area contributed by atoms with Crippen molar-refractivity contribution in [3.8, 4) is 5.75 Å². The van der Waals surface area contributed by atoms with Gasteiger partial charge in [-0.3, -0.25) is 25.0 Å². The number of barbiturate groups is 1. The van der Waals surface area contributed by atoms with Gasteiger partial charge in [0.05, 0.1) is 5.02 Å². The van der Waals surface area contributed by atoms with Gasteiger partial charge in [0.1, 0.15) is 11.3 Å². The number of hydrogen-bond acceptors (Lipinski definition) is 5. The highest BCUT2D eigenvalue weighted by atomic mass is 35.5. The van der Waals surface area contributed by atoms with Crippen LogP contribution in [0.15, 0.2) is 48.0 Å². The number of hydrogen-bond donors (Lipinski definition) is 3. The average Bonchev–Trinajstić information content (AvgIpc) is 2.66. The highest BCUT2D eigenvalue weighted by Gasteiger charge is 2.27. The van der Waals surface area contributed by atoms with E-state index in [2.05, 4.69) is 5.32 Å². The van der Waals surface area contributed by atoms with Crippen LogP contribution in [0.3, 0.4) is 0 Å². The minimum atomic E-state index is -0.872. The summed E-state index contributed by atoms with van der Waals surface area (Å²) in [5.74, 6) is -1.69. The van der Waals surface area contributed by atoms with Gasteiger partial charge in [-0.15, -0.1) is 0 Å². The van der Waals surface area contributed by atoms with Crippen LogP contribution in [0.25, 0.3) is 6.08 Å². The lowest BCUT2D eigenvalue weighted by molar-refractivity contribution is -0.124. The number of rotatable bonds is 5. The fourth-order valence-corrected chi connectivity index (χ4v) is 2.72. The van der Waals surface area contributed by atoms with Gasteiger partial charge >= 0.3 is 6.03 Å². The van der Waals surface area contributed by atoms with Crippen LogP contribution in [0, 0.1) is 6.92 Å². The standard InChI is InChI=1S/C20H16ClN3O5/c1-11-2-5-13(6-3-11)22-17(25)10-29-16-7-4-12(9-15(16)21)8-14-18(26)23-20(28)24-19(14)27/h2-9H,10H2,1H3,(H,22,25)(H2,23,24,26,27,28). The molecule has 0 atom stereocenters. The van der Waals surface area contributed by atoms with E-state index in [1.165, 1.54) is 18.2 Å². The van der Waals surface area contributed by atoms with Crippen LogP contribution in [-0.4, -0.2) is 30.4 Å². The zero-order valence-electron chi connectivity index (χ0n) is 15.2. The maximum absolute atomic E-state index is 12.0. The summed E-state index contributed by atoms with van der Waals surface area (Å²) in [4.78, 5) is 46.6. The summed E-state index contributed by atoms with van der Waals surface area (Å²) >= 11 is 6.16. The Labute approximate surface area is 170 Å². The Kier molecular flexibility index (Phi) is 5.94. The second-order valence-corrected chi connectivity index (χ2v) is 6.60. The molecule has 9 heteroatoms. The molecule has 0 aliphatic carbocycles. The number of benzene rings is 2. The Morgan fingerprint density at radius 1 is 1.07 bits per heavy atom. The average molecular weight is 414 g/mol. The molecule has 0 aromatic heterocycles. The van der Waals surface area contributed by atoms with E-state index < -0.39 is 17.8 Å². The normalized spacial score (nSPS) is 13.4. The molecule has 3 rings (SSSR count). The lowest BCUT2D eigenvalue weighted by atomic mass is 10.1. The van der Waals surface area contributed by atoms with Gasteiger partial charge in [-0.05, 0) is 42.8 Å². The zero-order valence-corrected chi connectivity index (χ0v) is 16.0. The molecule has 0 unspecified atom stereocenters. The van der Waals surface area contributed by atoms with E-state index in [0.717, 1.165) is 5.56 Å². The minimum Gasteiger partial charge on any atom is -0.482 e. The highest BCUT2D eigenvalue weighted by molar-refractivity contribution is 6.33. The molecule has 1 heterocycles. The van der Waals surface area contributed by atoms with E-state index >= 15 is 0 Å². The quantitative estimate of drug-likeness (QED) is 0.514. The first-order valence-corrected chi connectivity index (χ1v) is 8.87. The number of imide groups is 2. The zero-order chi connectivity index (χ0) is 21.0. The molecule has 0 spiro atoms. The van der Waals surface area contributed by atoms with Gasteiger partial charge in [-0.2, -0.15) is 0 Å². The smallest absolute Gasteiger partial charge is 0.328 e. The Hall–Kier alpha value is -3.65. The number of ether oxygens (including phenoxy) is 1. The Balaban J connectivity index is 1.63. The Bertz CT molecular complexity index is 1010. The first-order chi connectivity index (χ1) is 13.8. The molecule has 2 aromatic rings. The highest BCUT2D eigenvalue weighted by Crippen LogP contribution is 2.26.